The van der Waals surface area contributed by atoms with Crippen LogP contribution in [0.2, 0.25) is 5.02 Å². The first kappa shape index (κ1) is 15.6. The van der Waals surface area contributed by atoms with Gasteiger partial charge in [0.05, 0.1) is 10.3 Å². The van der Waals surface area contributed by atoms with E-state index in [4.69, 9.17) is 11.6 Å². The Hall–Kier alpha value is -1.82. The molecule has 0 amide bonds. The van der Waals surface area contributed by atoms with Gasteiger partial charge in [0, 0.05) is 18.3 Å². The van der Waals surface area contributed by atoms with E-state index in [0.29, 0.717) is 30.6 Å². The molecule has 1 fully saturated rings. The minimum atomic E-state index is -0.793. The fraction of sp³-hybridized carbons (Fsp3) is 0.500. The lowest BCUT2D eigenvalue weighted by molar-refractivity contribution is -0.384. The quantitative estimate of drug-likeness (QED) is 0.640. The van der Waals surface area contributed by atoms with Crippen LogP contribution in [-0.4, -0.2) is 22.5 Å². The summed E-state index contributed by atoms with van der Waals surface area (Å²) in [5.74, 6) is -0.793. The highest BCUT2D eigenvalue weighted by atomic mass is 35.5. The van der Waals surface area contributed by atoms with Crippen LogP contribution in [0.25, 0.3) is 0 Å². The third-order valence-electron chi connectivity index (χ3n) is 4.12. The van der Waals surface area contributed by atoms with Crippen molar-refractivity contribution in [2.45, 2.75) is 32.6 Å². The van der Waals surface area contributed by atoms with Gasteiger partial charge in [-0.2, -0.15) is 0 Å². The van der Waals surface area contributed by atoms with E-state index in [1.165, 1.54) is 12.1 Å². The number of aliphatic carboxylic acids is 1. The molecule has 0 atom stereocenters. The molecule has 0 radical (unpaired) electrons. The number of hydrogen-bond donors (Lipinski definition) is 2. The van der Waals surface area contributed by atoms with Gasteiger partial charge < -0.3 is 10.4 Å². The Kier molecular flexibility index (Phi) is 4.37. The summed E-state index contributed by atoms with van der Waals surface area (Å²) < 4.78 is 0. The minimum Gasteiger partial charge on any atom is -0.481 e. The number of halogens is 1. The molecule has 0 unspecified atom stereocenters. The smallest absolute Gasteiger partial charge is 0.311 e. The third kappa shape index (κ3) is 3.10. The van der Waals surface area contributed by atoms with Crippen LogP contribution in [0.5, 0.6) is 0 Å². The van der Waals surface area contributed by atoms with Gasteiger partial charge in [0.15, 0.2) is 0 Å². The molecule has 0 aliphatic heterocycles. The third-order valence-corrected chi connectivity index (χ3v) is 4.42. The number of aryl methyl sites for hydroxylation is 1. The highest BCUT2D eigenvalue weighted by molar-refractivity contribution is 6.33. The van der Waals surface area contributed by atoms with E-state index in [0.717, 1.165) is 12.8 Å². The van der Waals surface area contributed by atoms with Gasteiger partial charge in [-0.3, -0.25) is 14.9 Å². The number of nitro benzene ring substituents is 1. The van der Waals surface area contributed by atoms with Crippen LogP contribution in [0.15, 0.2) is 12.1 Å². The summed E-state index contributed by atoms with van der Waals surface area (Å²) in [4.78, 5) is 21.8. The van der Waals surface area contributed by atoms with Crippen molar-refractivity contribution in [1.29, 1.82) is 0 Å². The van der Waals surface area contributed by atoms with E-state index in [9.17, 15) is 20.0 Å². The Labute approximate surface area is 127 Å². The Morgan fingerprint density at radius 2 is 2.10 bits per heavy atom. The Morgan fingerprint density at radius 3 is 2.62 bits per heavy atom. The number of nitrogens with one attached hydrogen (secondary N) is 1. The zero-order valence-electron chi connectivity index (χ0n) is 11.7. The average Bonchev–Trinajstić information content (AvgIpc) is 2.89. The molecule has 0 saturated heterocycles. The summed E-state index contributed by atoms with van der Waals surface area (Å²) >= 11 is 5.89. The summed E-state index contributed by atoms with van der Waals surface area (Å²) in [7, 11) is 0. The van der Waals surface area contributed by atoms with Crippen molar-refractivity contribution in [3.63, 3.8) is 0 Å². The molecule has 21 heavy (non-hydrogen) atoms. The summed E-state index contributed by atoms with van der Waals surface area (Å²) in [5.41, 5.74) is 0.414. The first-order chi connectivity index (χ1) is 9.85. The Balaban J connectivity index is 2.18. The van der Waals surface area contributed by atoms with E-state index in [2.05, 4.69) is 5.32 Å². The molecule has 114 valence electrons. The lowest BCUT2D eigenvalue weighted by atomic mass is 9.86. The number of carboxylic acids is 1. The second-order valence-electron chi connectivity index (χ2n) is 5.52. The topological polar surface area (TPSA) is 92.5 Å². The summed E-state index contributed by atoms with van der Waals surface area (Å²) in [6.45, 7) is 2.03. The minimum absolute atomic E-state index is 0.0453. The van der Waals surface area contributed by atoms with Gasteiger partial charge >= 0.3 is 5.97 Å². The van der Waals surface area contributed by atoms with Gasteiger partial charge in [-0.1, -0.05) is 24.4 Å². The lowest BCUT2D eigenvalue weighted by Crippen LogP contribution is -2.35. The highest BCUT2D eigenvalue weighted by Crippen LogP contribution is 2.39. The summed E-state index contributed by atoms with van der Waals surface area (Å²) in [6, 6.07) is 2.88. The van der Waals surface area contributed by atoms with Crippen LogP contribution in [-0.2, 0) is 4.79 Å². The first-order valence-electron chi connectivity index (χ1n) is 6.77. The number of benzene rings is 1. The Morgan fingerprint density at radius 1 is 1.48 bits per heavy atom. The summed E-state index contributed by atoms with van der Waals surface area (Å²) in [6.07, 6.45) is 3.12. The standard InChI is InChI=1S/C14H17ClN2O4/c1-9-6-12(17(20)21)10(15)7-11(9)16-8-14(13(18)19)4-2-3-5-14/h6-7,16H,2-5,8H2,1H3,(H,18,19). The van der Waals surface area contributed by atoms with Crippen LogP contribution in [0, 0.1) is 22.5 Å². The molecule has 0 bridgehead atoms. The lowest BCUT2D eigenvalue weighted by Gasteiger charge is -2.25. The van der Waals surface area contributed by atoms with Crippen molar-refractivity contribution in [1.82, 2.24) is 0 Å². The number of rotatable bonds is 5. The van der Waals surface area contributed by atoms with Gasteiger partial charge in [-0.15, -0.1) is 0 Å². The van der Waals surface area contributed by atoms with Crippen molar-refractivity contribution >= 4 is 28.9 Å². The van der Waals surface area contributed by atoms with Crippen molar-refractivity contribution < 1.29 is 14.8 Å². The monoisotopic (exact) mass is 312 g/mol. The van der Waals surface area contributed by atoms with Gasteiger partial charge in [0.25, 0.3) is 5.69 Å². The number of anilines is 1. The van der Waals surface area contributed by atoms with E-state index in [-0.39, 0.29) is 10.7 Å². The van der Waals surface area contributed by atoms with Gasteiger partial charge in [-0.05, 0) is 31.4 Å². The molecular formula is C14H17ClN2O4. The van der Waals surface area contributed by atoms with Crippen LogP contribution in [0.4, 0.5) is 11.4 Å². The Bertz CT molecular complexity index is 583. The van der Waals surface area contributed by atoms with Crippen molar-refractivity contribution in [3.05, 3.63) is 32.8 Å². The van der Waals surface area contributed by atoms with Gasteiger partial charge in [0.2, 0.25) is 0 Å². The normalized spacial score (nSPS) is 16.7. The zero-order valence-corrected chi connectivity index (χ0v) is 12.4. The molecule has 1 aliphatic carbocycles. The molecule has 0 aromatic heterocycles. The molecule has 6 nitrogen and oxygen atoms in total. The SMILES string of the molecule is Cc1cc([N+](=O)[O-])c(Cl)cc1NCC1(C(=O)O)CCCC1. The molecular weight excluding hydrogens is 296 g/mol. The molecule has 7 heteroatoms. The number of carbonyl (C=O) groups is 1. The second-order valence-corrected chi connectivity index (χ2v) is 5.93. The zero-order chi connectivity index (χ0) is 15.6. The average molecular weight is 313 g/mol. The number of nitro groups is 1. The van der Waals surface area contributed by atoms with E-state index >= 15 is 0 Å². The fourth-order valence-electron chi connectivity index (χ4n) is 2.78. The number of hydrogen-bond acceptors (Lipinski definition) is 4. The van der Waals surface area contributed by atoms with E-state index in [1.807, 2.05) is 0 Å². The van der Waals surface area contributed by atoms with E-state index in [1.54, 1.807) is 6.92 Å². The van der Waals surface area contributed by atoms with Crippen molar-refractivity contribution in [2.24, 2.45) is 5.41 Å². The molecule has 0 spiro atoms. The van der Waals surface area contributed by atoms with Crippen molar-refractivity contribution in [2.75, 3.05) is 11.9 Å². The molecule has 2 N–H and O–H groups in total. The molecule has 1 aromatic rings. The maximum atomic E-state index is 11.5. The first-order valence-corrected chi connectivity index (χ1v) is 7.15. The number of carboxylic acid groups (broad SMARTS) is 1. The summed E-state index contributed by atoms with van der Waals surface area (Å²) in [5, 5.41) is 23.4. The van der Waals surface area contributed by atoms with Gasteiger partial charge in [0.1, 0.15) is 5.02 Å². The fourth-order valence-corrected chi connectivity index (χ4v) is 3.01. The second kappa shape index (κ2) is 5.89. The van der Waals surface area contributed by atoms with Crippen LogP contribution >= 0.6 is 11.6 Å². The van der Waals surface area contributed by atoms with Crippen LogP contribution in [0.3, 0.4) is 0 Å². The predicted octanol–water partition coefficient (Wildman–Crippen LogP) is 3.61. The molecule has 0 heterocycles. The molecule has 1 aromatic carbocycles. The highest BCUT2D eigenvalue weighted by Gasteiger charge is 2.41. The molecule has 1 saturated carbocycles. The van der Waals surface area contributed by atoms with E-state index < -0.39 is 16.3 Å². The van der Waals surface area contributed by atoms with Crippen LogP contribution in [0.1, 0.15) is 31.2 Å². The number of nitrogens with zero attached hydrogens (tertiary/aromatic N) is 1. The molecule has 1 aliphatic rings. The maximum Gasteiger partial charge on any atom is 0.311 e. The van der Waals surface area contributed by atoms with Gasteiger partial charge in [-0.25, -0.2) is 0 Å². The molecule has 2 rings (SSSR count). The van der Waals surface area contributed by atoms with Crippen molar-refractivity contribution in [3.8, 4) is 0 Å². The maximum absolute atomic E-state index is 11.5. The predicted molar refractivity (Wildman–Crippen MR) is 79.9 cm³/mol. The largest absolute Gasteiger partial charge is 0.481 e. The van der Waals surface area contributed by atoms with Crippen LogP contribution < -0.4 is 5.32 Å².